The van der Waals surface area contributed by atoms with Gasteiger partial charge in [-0.3, -0.25) is 14.4 Å². The molecule has 2 aromatic carbocycles. The molecule has 4 nitrogen and oxygen atoms in total. The van der Waals surface area contributed by atoms with Crippen molar-refractivity contribution in [2.24, 2.45) is 5.92 Å². The minimum atomic E-state index is -1.04. The van der Waals surface area contributed by atoms with Crippen molar-refractivity contribution in [3.63, 3.8) is 0 Å². The average Bonchev–Trinajstić information content (AvgIpc) is 2.62. The number of Topliss-reactive ketones (excluding diaryl/α,β-unsaturated/α-hetero) is 2. The molecule has 0 bridgehead atoms. The Morgan fingerprint density at radius 1 is 1.00 bits per heavy atom. The standard InChI is InChI=1S/C21H21ClO4/c1-3-26-21(25)20(14(2)23)18(15-9-11-17(22)12-10-15)13-19(24)16-7-5-4-6-8-16/h4-12,18,20H,3,13H2,1-2H3/t18-,20+/m1/s1. The summed E-state index contributed by atoms with van der Waals surface area (Å²) in [4.78, 5) is 37.3. The van der Waals surface area contributed by atoms with Crippen molar-refractivity contribution >= 4 is 29.1 Å². The first-order chi connectivity index (χ1) is 12.4. The van der Waals surface area contributed by atoms with E-state index in [1.165, 1.54) is 6.92 Å². The average molecular weight is 373 g/mol. The van der Waals surface area contributed by atoms with Gasteiger partial charge < -0.3 is 4.74 Å². The van der Waals surface area contributed by atoms with Crippen molar-refractivity contribution in [3.8, 4) is 0 Å². The van der Waals surface area contributed by atoms with Crippen molar-refractivity contribution in [3.05, 3.63) is 70.7 Å². The first-order valence-corrected chi connectivity index (χ1v) is 8.82. The molecule has 2 rings (SSSR count). The summed E-state index contributed by atoms with van der Waals surface area (Å²) >= 11 is 5.95. The van der Waals surface area contributed by atoms with E-state index in [1.54, 1.807) is 55.5 Å². The number of hydrogen-bond acceptors (Lipinski definition) is 4. The molecule has 0 N–H and O–H groups in total. The smallest absolute Gasteiger partial charge is 0.317 e. The molecule has 0 saturated heterocycles. The van der Waals surface area contributed by atoms with Gasteiger partial charge in [-0.1, -0.05) is 54.1 Å². The summed E-state index contributed by atoms with van der Waals surface area (Å²) in [5.41, 5.74) is 1.24. The Morgan fingerprint density at radius 2 is 1.62 bits per heavy atom. The van der Waals surface area contributed by atoms with Crippen LogP contribution in [0.25, 0.3) is 0 Å². The molecule has 2 aromatic rings. The van der Waals surface area contributed by atoms with Crippen LogP contribution in [0.3, 0.4) is 0 Å². The number of esters is 1. The number of ketones is 2. The van der Waals surface area contributed by atoms with Gasteiger partial charge in [-0.25, -0.2) is 0 Å². The second-order valence-electron chi connectivity index (χ2n) is 5.99. The molecular weight excluding hydrogens is 352 g/mol. The molecule has 0 aliphatic heterocycles. The molecule has 0 unspecified atom stereocenters. The first-order valence-electron chi connectivity index (χ1n) is 8.44. The molecule has 136 valence electrons. The molecule has 0 heterocycles. The van der Waals surface area contributed by atoms with Crippen LogP contribution in [0.1, 0.15) is 42.1 Å². The molecule has 0 fully saturated rings. The SMILES string of the molecule is CCOC(=O)[C@@H](C(C)=O)[C@H](CC(=O)c1ccccc1)c1ccc(Cl)cc1. The summed E-state index contributed by atoms with van der Waals surface area (Å²) < 4.78 is 5.08. The number of carbonyl (C=O) groups is 3. The summed E-state index contributed by atoms with van der Waals surface area (Å²) in [6.07, 6.45) is 0.0225. The van der Waals surface area contributed by atoms with Crippen molar-refractivity contribution in [1.29, 1.82) is 0 Å². The zero-order valence-corrected chi connectivity index (χ0v) is 15.5. The molecule has 0 aliphatic carbocycles. The highest BCUT2D eigenvalue weighted by Gasteiger charge is 2.36. The summed E-state index contributed by atoms with van der Waals surface area (Å²) in [6.45, 7) is 3.20. The van der Waals surface area contributed by atoms with E-state index in [-0.39, 0.29) is 24.6 Å². The maximum absolute atomic E-state index is 12.7. The zero-order valence-electron chi connectivity index (χ0n) is 14.8. The monoisotopic (exact) mass is 372 g/mol. The van der Waals surface area contributed by atoms with Gasteiger partial charge >= 0.3 is 5.97 Å². The molecule has 0 saturated carbocycles. The highest BCUT2D eigenvalue weighted by atomic mass is 35.5. The molecule has 0 spiro atoms. The van der Waals surface area contributed by atoms with Gasteiger partial charge in [0.1, 0.15) is 11.7 Å². The van der Waals surface area contributed by atoms with Crippen LogP contribution >= 0.6 is 11.6 Å². The van der Waals surface area contributed by atoms with E-state index in [0.29, 0.717) is 16.1 Å². The number of carbonyl (C=O) groups excluding carboxylic acids is 3. The topological polar surface area (TPSA) is 60.4 Å². The van der Waals surface area contributed by atoms with E-state index in [0.717, 1.165) is 0 Å². The minimum absolute atomic E-state index is 0.0225. The van der Waals surface area contributed by atoms with E-state index in [2.05, 4.69) is 0 Å². The Labute approximate surface area is 158 Å². The van der Waals surface area contributed by atoms with Crippen molar-refractivity contribution < 1.29 is 19.1 Å². The fraction of sp³-hybridized carbons (Fsp3) is 0.286. The lowest BCUT2D eigenvalue weighted by molar-refractivity contribution is -0.152. The van der Waals surface area contributed by atoms with E-state index < -0.39 is 17.8 Å². The Hall–Kier alpha value is -2.46. The summed E-state index contributed by atoms with van der Waals surface area (Å²) in [6, 6.07) is 15.6. The summed E-state index contributed by atoms with van der Waals surface area (Å²) in [7, 11) is 0. The highest BCUT2D eigenvalue weighted by Crippen LogP contribution is 2.32. The molecule has 0 amide bonds. The third-order valence-corrected chi connectivity index (χ3v) is 4.43. The van der Waals surface area contributed by atoms with E-state index in [4.69, 9.17) is 16.3 Å². The quantitative estimate of drug-likeness (QED) is 0.390. The molecule has 0 aliphatic rings. The van der Waals surface area contributed by atoms with Gasteiger partial charge in [-0.2, -0.15) is 0 Å². The van der Waals surface area contributed by atoms with Gasteiger partial charge in [0, 0.05) is 22.9 Å². The van der Waals surface area contributed by atoms with Gasteiger partial charge in [0.25, 0.3) is 0 Å². The fourth-order valence-electron chi connectivity index (χ4n) is 2.93. The lowest BCUT2D eigenvalue weighted by atomic mass is 9.79. The maximum Gasteiger partial charge on any atom is 0.317 e. The predicted octanol–water partition coefficient (Wildman–Crippen LogP) is 4.46. The van der Waals surface area contributed by atoms with Gasteiger partial charge in [0.2, 0.25) is 0 Å². The van der Waals surface area contributed by atoms with Crippen LogP contribution in [0.2, 0.25) is 5.02 Å². The Bertz CT molecular complexity index is 768. The highest BCUT2D eigenvalue weighted by molar-refractivity contribution is 6.30. The Balaban J connectivity index is 2.40. The molecule has 5 heteroatoms. The van der Waals surface area contributed by atoms with Gasteiger partial charge in [-0.15, -0.1) is 0 Å². The van der Waals surface area contributed by atoms with Gasteiger partial charge in [0.05, 0.1) is 6.61 Å². The summed E-state index contributed by atoms with van der Waals surface area (Å²) in [5.74, 6) is -2.73. The Kier molecular flexibility index (Phi) is 7.10. The van der Waals surface area contributed by atoms with Crippen LogP contribution in [0.5, 0.6) is 0 Å². The molecule has 0 aromatic heterocycles. The minimum Gasteiger partial charge on any atom is -0.465 e. The van der Waals surface area contributed by atoms with Gasteiger partial charge in [-0.05, 0) is 31.5 Å². The molecular formula is C21H21ClO4. The Morgan fingerprint density at radius 3 is 2.15 bits per heavy atom. The molecule has 0 radical (unpaired) electrons. The van der Waals surface area contributed by atoms with Crippen LogP contribution in [0.4, 0.5) is 0 Å². The van der Waals surface area contributed by atoms with Crippen LogP contribution in [-0.4, -0.2) is 24.1 Å². The zero-order chi connectivity index (χ0) is 19.1. The van der Waals surface area contributed by atoms with E-state index in [1.807, 2.05) is 6.07 Å². The fourth-order valence-corrected chi connectivity index (χ4v) is 3.05. The van der Waals surface area contributed by atoms with Crippen LogP contribution in [0, 0.1) is 5.92 Å². The van der Waals surface area contributed by atoms with E-state index >= 15 is 0 Å². The second-order valence-corrected chi connectivity index (χ2v) is 6.43. The lowest BCUT2D eigenvalue weighted by Crippen LogP contribution is -2.32. The maximum atomic E-state index is 12.7. The normalized spacial score (nSPS) is 12.9. The second kappa shape index (κ2) is 9.30. The van der Waals surface area contributed by atoms with Crippen molar-refractivity contribution in [2.75, 3.05) is 6.61 Å². The number of halogens is 1. The number of benzene rings is 2. The number of rotatable bonds is 8. The predicted molar refractivity (Wildman–Crippen MR) is 100 cm³/mol. The first kappa shape index (κ1) is 19.9. The largest absolute Gasteiger partial charge is 0.465 e. The molecule has 2 atom stereocenters. The molecule has 26 heavy (non-hydrogen) atoms. The van der Waals surface area contributed by atoms with E-state index in [9.17, 15) is 14.4 Å². The van der Waals surface area contributed by atoms with Crippen molar-refractivity contribution in [1.82, 2.24) is 0 Å². The van der Waals surface area contributed by atoms with Crippen molar-refractivity contribution in [2.45, 2.75) is 26.2 Å². The number of hydrogen-bond donors (Lipinski definition) is 0. The summed E-state index contributed by atoms with van der Waals surface area (Å²) in [5, 5.41) is 0.539. The lowest BCUT2D eigenvalue weighted by Gasteiger charge is -2.24. The van der Waals surface area contributed by atoms with Gasteiger partial charge in [0.15, 0.2) is 5.78 Å². The van der Waals surface area contributed by atoms with Crippen LogP contribution in [-0.2, 0) is 14.3 Å². The number of ether oxygens (including phenoxy) is 1. The third-order valence-electron chi connectivity index (χ3n) is 4.18. The third kappa shape index (κ3) is 5.02. The van der Waals surface area contributed by atoms with Crippen LogP contribution in [0.15, 0.2) is 54.6 Å². The van der Waals surface area contributed by atoms with Crippen LogP contribution < -0.4 is 0 Å².